The lowest BCUT2D eigenvalue weighted by Gasteiger charge is -2.27. The van der Waals surface area contributed by atoms with E-state index in [0.717, 1.165) is 29.7 Å². The first-order chi connectivity index (χ1) is 8.45. The normalized spacial score (nSPS) is 10.8. The van der Waals surface area contributed by atoms with Crippen LogP contribution in [-0.2, 0) is 0 Å². The number of hydrogen-bond donors (Lipinski definition) is 1. The van der Waals surface area contributed by atoms with Crippen molar-refractivity contribution in [1.29, 1.82) is 0 Å². The summed E-state index contributed by atoms with van der Waals surface area (Å²) in [5, 5.41) is 0. The highest BCUT2D eigenvalue weighted by Crippen LogP contribution is 2.13. The van der Waals surface area contributed by atoms with Crippen molar-refractivity contribution in [3.8, 4) is 0 Å². The van der Waals surface area contributed by atoms with Crippen molar-refractivity contribution in [2.45, 2.75) is 40.2 Å². The Labute approximate surface area is 110 Å². The Morgan fingerprint density at radius 3 is 2.22 bits per heavy atom. The molecule has 0 unspecified atom stereocenters. The van der Waals surface area contributed by atoms with Crippen LogP contribution in [-0.4, -0.2) is 29.9 Å². The molecule has 0 atom stereocenters. The molecule has 0 fully saturated rings. The number of nitrogens with zero attached hydrogens (tertiary/aromatic N) is 1. The van der Waals surface area contributed by atoms with Crippen LogP contribution < -0.4 is 5.73 Å². The number of aryl methyl sites for hydroxylation is 2. The second-order valence-corrected chi connectivity index (χ2v) is 5.11. The van der Waals surface area contributed by atoms with E-state index < -0.39 is 0 Å². The molecule has 1 amide bonds. The van der Waals surface area contributed by atoms with Crippen molar-refractivity contribution in [2.24, 2.45) is 5.73 Å². The number of benzene rings is 1. The maximum Gasteiger partial charge on any atom is 0.254 e. The van der Waals surface area contributed by atoms with Crippen molar-refractivity contribution in [3.63, 3.8) is 0 Å². The standard InChI is InChI=1S/C15H24N2O/c1-11(2)17(7-5-6-16)15(18)14-9-12(3)8-13(4)10-14/h8-11H,5-7,16H2,1-4H3. The molecule has 18 heavy (non-hydrogen) atoms. The largest absolute Gasteiger partial charge is 0.336 e. The van der Waals surface area contributed by atoms with E-state index in [0.29, 0.717) is 6.54 Å². The van der Waals surface area contributed by atoms with Gasteiger partial charge < -0.3 is 10.6 Å². The number of amides is 1. The van der Waals surface area contributed by atoms with Crippen LogP contribution in [0.5, 0.6) is 0 Å². The van der Waals surface area contributed by atoms with Gasteiger partial charge in [0.05, 0.1) is 0 Å². The topological polar surface area (TPSA) is 46.3 Å². The summed E-state index contributed by atoms with van der Waals surface area (Å²) < 4.78 is 0. The number of rotatable bonds is 5. The summed E-state index contributed by atoms with van der Waals surface area (Å²) in [6, 6.07) is 6.18. The number of carbonyl (C=O) groups excluding carboxylic acids is 1. The van der Waals surface area contributed by atoms with E-state index in [2.05, 4.69) is 6.07 Å². The summed E-state index contributed by atoms with van der Waals surface area (Å²) in [6.07, 6.45) is 0.842. The van der Waals surface area contributed by atoms with Crippen molar-refractivity contribution in [2.75, 3.05) is 13.1 Å². The molecule has 1 aromatic carbocycles. The Hall–Kier alpha value is -1.35. The minimum atomic E-state index is 0.102. The summed E-state index contributed by atoms with van der Waals surface area (Å²) in [4.78, 5) is 14.4. The van der Waals surface area contributed by atoms with Crippen LogP contribution in [0.3, 0.4) is 0 Å². The predicted molar refractivity (Wildman–Crippen MR) is 75.8 cm³/mol. The third-order valence-corrected chi connectivity index (χ3v) is 2.96. The van der Waals surface area contributed by atoms with E-state index >= 15 is 0 Å². The maximum absolute atomic E-state index is 12.5. The molecule has 100 valence electrons. The first-order valence-corrected chi connectivity index (χ1v) is 6.55. The number of nitrogens with two attached hydrogens (primary N) is 1. The Balaban J connectivity index is 2.94. The highest BCUT2D eigenvalue weighted by atomic mass is 16.2. The van der Waals surface area contributed by atoms with Gasteiger partial charge in [-0.25, -0.2) is 0 Å². The van der Waals surface area contributed by atoms with Crippen LogP contribution in [0, 0.1) is 13.8 Å². The molecule has 0 aliphatic rings. The molecular weight excluding hydrogens is 224 g/mol. The molecule has 2 N–H and O–H groups in total. The molecular formula is C15H24N2O. The molecule has 0 spiro atoms. The molecule has 0 heterocycles. The summed E-state index contributed by atoms with van der Waals surface area (Å²) in [6.45, 7) is 9.45. The molecule has 1 rings (SSSR count). The van der Waals surface area contributed by atoms with Crippen LogP contribution in [0.2, 0.25) is 0 Å². The fraction of sp³-hybridized carbons (Fsp3) is 0.533. The summed E-state index contributed by atoms with van der Waals surface area (Å²) in [5.41, 5.74) is 8.55. The lowest BCUT2D eigenvalue weighted by molar-refractivity contribution is 0.0704. The van der Waals surface area contributed by atoms with Gasteiger partial charge in [-0.3, -0.25) is 4.79 Å². The first kappa shape index (κ1) is 14.7. The fourth-order valence-corrected chi connectivity index (χ4v) is 2.12. The van der Waals surface area contributed by atoms with Gasteiger partial charge in [0.1, 0.15) is 0 Å². The minimum Gasteiger partial charge on any atom is -0.336 e. The highest BCUT2D eigenvalue weighted by molar-refractivity contribution is 5.94. The molecule has 3 nitrogen and oxygen atoms in total. The van der Waals surface area contributed by atoms with Gasteiger partial charge in [-0.2, -0.15) is 0 Å². The SMILES string of the molecule is Cc1cc(C)cc(C(=O)N(CCCN)C(C)C)c1. The molecule has 0 saturated carbocycles. The van der Waals surface area contributed by atoms with Gasteiger partial charge in [0.2, 0.25) is 0 Å². The molecule has 3 heteroatoms. The van der Waals surface area contributed by atoms with Crippen LogP contribution in [0.25, 0.3) is 0 Å². The zero-order valence-electron chi connectivity index (χ0n) is 11.9. The zero-order valence-corrected chi connectivity index (χ0v) is 11.9. The van der Waals surface area contributed by atoms with E-state index in [1.54, 1.807) is 0 Å². The van der Waals surface area contributed by atoms with Gasteiger partial charge in [0.15, 0.2) is 0 Å². The van der Waals surface area contributed by atoms with Crippen LogP contribution in [0.15, 0.2) is 18.2 Å². The summed E-state index contributed by atoms with van der Waals surface area (Å²) in [7, 11) is 0. The van der Waals surface area contributed by atoms with E-state index in [-0.39, 0.29) is 11.9 Å². The third kappa shape index (κ3) is 3.84. The smallest absolute Gasteiger partial charge is 0.254 e. The lowest BCUT2D eigenvalue weighted by atomic mass is 10.1. The molecule has 0 saturated heterocycles. The highest BCUT2D eigenvalue weighted by Gasteiger charge is 2.18. The lowest BCUT2D eigenvalue weighted by Crippen LogP contribution is -2.38. The quantitative estimate of drug-likeness (QED) is 0.870. The van der Waals surface area contributed by atoms with Gasteiger partial charge in [0, 0.05) is 18.2 Å². The summed E-state index contributed by atoms with van der Waals surface area (Å²) >= 11 is 0. The van der Waals surface area contributed by atoms with E-state index in [1.807, 2.05) is 44.7 Å². The van der Waals surface area contributed by atoms with Gasteiger partial charge in [-0.05, 0) is 52.8 Å². The fourth-order valence-electron chi connectivity index (χ4n) is 2.12. The van der Waals surface area contributed by atoms with E-state index in [4.69, 9.17) is 5.73 Å². The molecule has 0 aliphatic carbocycles. The van der Waals surface area contributed by atoms with Gasteiger partial charge in [-0.15, -0.1) is 0 Å². The Morgan fingerprint density at radius 2 is 1.78 bits per heavy atom. The number of carbonyl (C=O) groups is 1. The van der Waals surface area contributed by atoms with Crippen LogP contribution in [0.1, 0.15) is 41.8 Å². The van der Waals surface area contributed by atoms with Gasteiger partial charge in [-0.1, -0.05) is 17.2 Å². The third-order valence-electron chi connectivity index (χ3n) is 2.96. The predicted octanol–water partition coefficient (Wildman–Crippen LogP) is 2.50. The zero-order chi connectivity index (χ0) is 13.7. The average molecular weight is 248 g/mol. The van der Waals surface area contributed by atoms with Gasteiger partial charge in [0.25, 0.3) is 5.91 Å². The van der Waals surface area contributed by atoms with Crippen molar-refractivity contribution in [1.82, 2.24) is 4.90 Å². The van der Waals surface area contributed by atoms with E-state index in [9.17, 15) is 4.79 Å². The molecule has 1 aromatic rings. The van der Waals surface area contributed by atoms with Crippen LogP contribution in [0.4, 0.5) is 0 Å². The van der Waals surface area contributed by atoms with Crippen molar-refractivity contribution >= 4 is 5.91 Å². The first-order valence-electron chi connectivity index (χ1n) is 6.55. The van der Waals surface area contributed by atoms with Crippen molar-refractivity contribution < 1.29 is 4.79 Å². The maximum atomic E-state index is 12.5. The van der Waals surface area contributed by atoms with Crippen LogP contribution >= 0.6 is 0 Å². The second kappa shape index (κ2) is 6.55. The second-order valence-electron chi connectivity index (χ2n) is 5.11. The number of hydrogen-bond acceptors (Lipinski definition) is 2. The average Bonchev–Trinajstić information content (AvgIpc) is 2.27. The Morgan fingerprint density at radius 1 is 1.22 bits per heavy atom. The van der Waals surface area contributed by atoms with E-state index in [1.165, 1.54) is 0 Å². The molecule has 0 radical (unpaired) electrons. The summed E-state index contributed by atoms with van der Waals surface area (Å²) in [5.74, 6) is 0.102. The monoisotopic (exact) mass is 248 g/mol. The molecule has 0 aromatic heterocycles. The Bertz CT molecular complexity index is 393. The Kier molecular flexibility index (Phi) is 5.35. The minimum absolute atomic E-state index is 0.102. The van der Waals surface area contributed by atoms with Crippen molar-refractivity contribution in [3.05, 3.63) is 34.9 Å². The molecule has 0 bridgehead atoms. The molecule has 0 aliphatic heterocycles. The van der Waals surface area contributed by atoms with Gasteiger partial charge >= 0.3 is 0 Å².